The van der Waals surface area contributed by atoms with Crippen LogP contribution in [-0.2, 0) is 19.2 Å². The Balaban J connectivity index is 1.46. The van der Waals surface area contributed by atoms with E-state index in [0.717, 1.165) is 9.80 Å². The quantitative estimate of drug-likeness (QED) is 0.194. The van der Waals surface area contributed by atoms with Crippen LogP contribution in [0.3, 0.4) is 0 Å². The van der Waals surface area contributed by atoms with Crippen molar-refractivity contribution in [3.05, 3.63) is 71.3 Å². The molecule has 4 aliphatic rings. The number of carbonyl (C=O) groups is 5. The molecule has 2 aliphatic heterocycles. The standard InChI is InChI=1S/C30H25BrCl2N2O8/c31-14-34-27(41)29(32)13-21-19(23(30(29,33)28(34)42)15-4-6-18(7-5-15)43-11-10-36)8-9-20-22(21)25(38)35(24(20)37)17-3-1-2-16(12-17)26(39)40/h1-8,12,20-23,36H,9-11,13-14H2,(H,39,40). The topological polar surface area (TPSA) is 142 Å². The van der Waals surface area contributed by atoms with Crippen LogP contribution in [0, 0.1) is 17.8 Å². The van der Waals surface area contributed by atoms with Crippen LogP contribution in [0.4, 0.5) is 5.69 Å². The number of imide groups is 2. The Morgan fingerprint density at radius 3 is 2.40 bits per heavy atom. The number of hydrogen-bond acceptors (Lipinski definition) is 7. The molecule has 1 saturated carbocycles. The molecular weight excluding hydrogens is 667 g/mol. The number of likely N-dealkylation sites (tertiary alicyclic amines) is 1. The van der Waals surface area contributed by atoms with Crippen molar-refractivity contribution in [2.45, 2.75) is 28.5 Å². The molecule has 10 nitrogen and oxygen atoms in total. The van der Waals surface area contributed by atoms with E-state index >= 15 is 0 Å². The molecule has 6 rings (SSSR count). The van der Waals surface area contributed by atoms with Crippen LogP contribution in [0.25, 0.3) is 0 Å². The molecule has 3 fully saturated rings. The predicted octanol–water partition coefficient (Wildman–Crippen LogP) is 3.67. The summed E-state index contributed by atoms with van der Waals surface area (Å²) in [5.74, 6) is -6.42. The largest absolute Gasteiger partial charge is 0.491 e. The Bertz CT molecular complexity index is 1600. The van der Waals surface area contributed by atoms with Crippen LogP contribution >= 0.6 is 39.1 Å². The van der Waals surface area contributed by atoms with Crippen LogP contribution in [-0.4, -0.2) is 73.1 Å². The number of anilines is 1. The smallest absolute Gasteiger partial charge is 0.335 e. The van der Waals surface area contributed by atoms with E-state index in [4.69, 9.17) is 33.0 Å². The van der Waals surface area contributed by atoms with Crippen LogP contribution in [0.2, 0.25) is 0 Å². The van der Waals surface area contributed by atoms with Crippen molar-refractivity contribution in [2.24, 2.45) is 17.8 Å². The summed E-state index contributed by atoms with van der Waals surface area (Å²) in [5.41, 5.74) is 1.13. The molecule has 2 aromatic carbocycles. The third-order valence-electron chi connectivity index (χ3n) is 8.94. The number of carboxylic acids is 1. The van der Waals surface area contributed by atoms with Gasteiger partial charge in [-0.1, -0.05) is 45.8 Å². The summed E-state index contributed by atoms with van der Waals surface area (Å²) >= 11 is 17.6. The number of amides is 4. The van der Waals surface area contributed by atoms with Gasteiger partial charge >= 0.3 is 5.97 Å². The number of aliphatic hydroxyl groups is 1. The molecular formula is C30H25BrCl2N2O8. The van der Waals surface area contributed by atoms with E-state index in [2.05, 4.69) is 15.9 Å². The van der Waals surface area contributed by atoms with Crippen molar-refractivity contribution < 1.29 is 38.9 Å². The number of hydrogen-bond donors (Lipinski definition) is 2. The summed E-state index contributed by atoms with van der Waals surface area (Å²) in [6, 6.07) is 12.3. The molecule has 224 valence electrons. The Kier molecular flexibility index (Phi) is 7.44. The highest BCUT2D eigenvalue weighted by Gasteiger charge is 2.76. The highest BCUT2D eigenvalue weighted by atomic mass is 79.9. The second kappa shape index (κ2) is 10.7. The van der Waals surface area contributed by atoms with Crippen molar-refractivity contribution >= 4 is 74.4 Å². The van der Waals surface area contributed by atoms with Gasteiger partial charge < -0.3 is 14.9 Å². The third kappa shape index (κ3) is 4.19. The number of aliphatic hydroxyl groups excluding tert-OH is 1. The fourth-order valence-corrected chi connectivity index (χ4v) is 8.51. The number of nitrogens with zero attached hydrogens (tertiary/aromatic N) is 2. The lowest BCUT2D eigenvalue weighted by Gasteiger charge is -2.50. The van der Waals surface area contributed by atoms with Gasteiger partial charge in [-0.25, -0.2) is 4.79 Å². The number of benzene rings is 2. The summed E-state index contributed by atoms with van der Waals surface area (Å²) < 4.78 is 5.48. The molecule has 2 saturated heterocycles. The summed E-state index contributed by atoms with van der Waals surface area (Å²) in [6.45, 7) is -0.0943. The molecule has 6 unspecified atom stereocenters. The van der Waals surface area contributed by atoms with Gasteiger partial charge in [0, 0.05) is 5.92 Å². The van der Waals surface area contributed by atoms with Crippen molar-refractivity contribution in [1.29, 1.82) is 0 Å². The molecule has 0 aromatic heterocycles. The van der Waals surface area contributed by atoms with Crippen LogP contribution in [0.1, 0.15) is 34.7 Å². The molecule has 0 bridgehead atoms. The summed E-state index contributed by atoms with van der Waals surface area (Å²) in [7, 11) is 0. The highest BCUT2D eigenvalue weighted by Crippen LogP contribution is 2.65. The maximum atomic E-state index is 14.1. The lowest BCUT2D eigenvalue weighted by atomic mass is 9.56. The van der Waals surface area contributed by atoms with Crippen LogP contribution in [0.5, 0.6) is 5.75 Å². The number of allylic oxidation sites excluding steroid dienone is 2. The summed E-state index contributed by atoms with van der Waals surface area (Å²) in [5, 5.41) is 18.6. The molecule has 2 aliphatic carbocycles. The Hall–Kier alpha value is -3.25. The fourth-order valence-electron chi connectivity index (χ4n) is 7.08. The molecule has 0 radical (unpaired) electrons. The molecule has 6 atom stereocenters. The summed E-state index contributed by atoms with van der Waals surface area (Å²) in [4.78, 5) is 65.0. The van der Waals surface area contributed by atoms with E-state index in [1.165, 1.54) is 24.3 Å². The number of alkyl halides is 3. The van der Waals surface area contributed by atoms with E-state index in [0.29, 0.717) is 16.9 Å². The first-order valence-electron chi connectivity index (χ1n) is 13.5. The van der Waals surface area contributed by atoms with Crippen molar-refractivity contribution in [2.75, 3.05) is 23.6 Å². The average molecular weight is 692 g/mol. The molecule has 4 amide bonds. The number of rotatable bonds is 7. The van der Waals surface area contributed by atoms with Gasteiger partial charge in [0.15, 0.2) is 9.75 Å². The lowest BCUT2D eigenvalue weighted by Crippen LogP contribution is -2.60. The van der Waals surface area contributed by atoms with Crippen LogP contribution < -0.4 is 9.64 Å². The molecule has 13 heteroatoms. The Morgan fingerprint density at radius 2 is 1.74 bits per heavy atom. The van der Waals surface area contributed by atoms with E-state index in [1.807, 2.05) is 6.08 Å². The van der Waals surface area contributed by atoms with E-state index in [-0.39, 0.29) is 42.8 Å². The molecule has 2 heterocycles. The molecule has 2 aromatic rings. The van der Waals surface area contributed by atoms with Gasteiger partial charge in [0.05, 0.1) is 35.1 Å². The van der Waals surface area contributed by atoms with Gasteiger partial charge in [-0.3, -0.25) is 29.0 Å². The first-order chi connectivity index (χ1) is 20.5. The Labute approximate surface area is 264 Å². The zero-order chi connectivity index (χ0) is 30.8. The second-order valence-electron chi connectivity index (χ2n) is 11.0. The van der Waals surface area contributed by atoms with Gasteiger partial charge in [0.1, 0.15) is 12.4 Å². The van der Waals surface area contributed by atoms with Crippen molar-refractivity contribution in [3.8, 4) is 5.75 Å². The molecule has 0 spiro atoms. The fraction of sp³-hybridized carbons (Fsp3) is 0.367. The average Bonchev–Trinajstić information content (AvgIpc) is 3.34. The SMILES string of the molecule is O=C(O)c1cccc(N2C(=O)C3CC=C4C(CC5(Cl)C(=O)N(CBr)C(=O)C5(Cl)C4c4ccc(OCCO)cc4)C3C2=O)c1. The van der Waals surface area contributed by atoms with Crippen LogP contribution in [0.15, 0.2) is 60.2 Å². The van der Waals surface area contributed by atoms with Gasteiger partial charge in [-0.05, 0) is 54.7 Å². The zero-order valence-electron chi connectivity index (χ0n) is 22.4. The zero-order valence-corrected chi connectivity index (χ0v) is 25.5. The first-order valence-corrected chi connectivity index (χ1v) is 15.4. The van der Waals surface area contributed by atoms with Gasteiger partial charge in [0.25, 0.3) is 11.8 Å². The van der Waals surface area contributed by atoms with Gasteiger partial charge in [-0.2, -0.15) is 0 Å². The number of carboxylic acid groups (broad SMARTS) is 1. The minimum atomic E-state index is -1.93. The van der Waals surface area contributed by atoms with Crippen molar-refractivity contribution in [3.63, 3.8) is 0 Å². The first kappa shape index (κ1) is 29.8. The predicted molar refractivity (Wildman–Crippen MR) is 158 cm³/mol. The second-order valence-corrected chi connectivity index (χ2v) is 12.7. The van der Waals surface area contributed by atoms with E-state index < -0.39 is 63.0 Å². The van der Waals surface area contributed by atoms with Crippen molar-refractivity contribution in [1.82, 2.24) is 4.90 Å². The third-order valence-corrected chi connectivity index (χ3v) is 10.9. The monoisotopic (exact) mass is 690 g/mol. The maximum Gasteiger partial charge on any atom is 0.335 e. The van der Waals surface area contributed by atoms with Gasteiger partial charge in [-0.15, -0.1) is 23.2 Å². The molecule has 2 N–H and O–H groups in total. The normalized spacial score (nSPS) is 31.5. The van der Waals surface area contributed by atoms with E-state index in [9.17, 15) is 29.1 Å². The number of carbonyl (C=O) groups excluding carboxylic acids is 4. The number of halogens is 3. The molecule has 43 heavy (non-hydrogen) atoms. The number of aromatic carboxylic acids is 1. The summed E-state index contributed by atoms with van der Waals surface area (Å²) in [6.07, 6.45) is 1.84. The number of fused-ring (bicyclic) bond motifs is 4. The minimum absolute atomic E-state index is 0.0764. The van der Waals surface area contributed by atoms with E-state index in [1.54, 1.807) is 24.3 Å². The Morgan fingerprint density at radius 1 is 1.02 bits per heavy atom. The number of ether oxygens (including phenoxy) is 1. The highest BCUT2D eigenvalue weighted by molar-refractivity contribution is 9.09. The van der Waals surface area contributed by atoms with Gasteiger partial charge in [0.2, 0.25) is 11.8 Å². The maximum absolute atomic E-state index is 14.1. The lowest BCUT2D eigenvalue weighted by molar-refractivity contribution is -0.138. The minimum Gasteiger partial charge on any atom is -0.491 e.